The molecule has 1 amide bonds. The van der Waals surface area contributed by atoms with Crippen LogP contribution in [-0.2, 0) is 11.3 Å². The number of hydrogen-bond donors (Lipinski definition) is 1. The van der Waals surface area contributed by atoms with E-state index in [9.17, 15) is 9.18 Å². The Morgan fingerprint density at radius 2 is 1.76 bits per heavy atom. The summed E-state index contributed by atoms with van der Waals surface area (Å²) in [6.07, 6.45) is 0. The molecular formula is C26H25FN4OS. The zero-order valence-corrected chi connectivity index (χ0v) is 19.6. The molecule has 0 aliphatic rings. The van der Waals surface area contributed by atoms with Gasteiger partial charge >= 0.3 is 0 Å². The molecule has 168 valence electrons. The summed E-state index contributed by atoms with van der Waals surface area (Å²) in [4.78, 5) is 12.9. The second-order valence-corrected chi connectivity index (χ2v) is 9.23. The fourth-order valence-corrected chi connectivity index (χ4v) is 4.29. The second-order valence-electron chi connectivity index (χ2n) is 7.93. The van der Waals surface area contributed by atoms with Crippen molar-refractivity contribution in [1.82, 2.24) is 14.8 Å². The Morgan fingerprint density at radius 3 is 2.52 bits per heavy atom. The molecule has 0 aliphatic heterocycles. The number of halogens is 1. The monoisotopic (exact) mass is 460 g/mol. The van der Waals surface area contributed by atoms with E-state index in [0.717, 1.165) is 22.4 Å². The molecule has 0 fully saturated rings. The molecule has 0 spiro atoms. The van der Waals surface area contributed by atoms with E-state index in [2.05, 4.69) is 15.5 Å². The van der Waals surface area contributed by atoms with Gasteiger partial charge in [0, 0.05) is 5.69 Å². The minimum Gasteiger partial charge on any atom is -0.325 e. The summed E-state index contributed by atoms with van der Waals surface area (Å²) >= 11 is 1.30. The molecule has 1 atom stereocenters. The number of carbonyl (C=O) groups excluding carboxylic acids is 1. The van der Waals surface area contributed by atoms with Crippen LogP contribution in [0, 0.1) is 19.7 Å². The van der Waals surface area contributed by atoms with Crippen molar-refractivity contribution in [3.8, 4) is 11.4 Å². The Balaban J connectivity index is 1.62. The Hall–Kier alpha value is -3.45. The van der Waals surface area contributed by atoms with E-state index in [0.29, 0.717) is 23.1 Å². The molecule has 1 unspecified atom stereocenters. The number of anilines is 1. The maximum absolute atomic E-state index is 14.6. The number of nitrogens with one attached hydrogen (secondary N) is 1. The van der Waals surface area contributed by atoms with Crippen molar-refractivity contribution >= 4 is 23.4 Å². The highest BCUT2D eigenvalue weighted by Gasteiger charge is 2.22. The van der Waals surface area contributed by atoms with Crippen LogP contribution < -0.4 is 5.32 Å². The van der Waals surface area contributed by atoms with Crippen LogP contribution in [0.4, 0.5) is 10.1 Å². The van der Waals surface area contributed by atoms with E-state index in [1.807, 2.05) is 73.9 Å². The highest BCUT2D eigenvalue weighted by atomic mass is 32.2. The summed E-state index contributed by atoms with van der Waals surface area (Å²) in [7, 11) is 0. The van der Waals surface area contributed by atoms with Crippen molar-refractivity contribution in [2.45, 2.75) is 37.7 Å². The van der Waals surface area contributed by atoms with Crippen LogP contribution in [0.25, 0.3) is 11.4 Å². The third-order valence-electron chi connectivity index (χ3n) is 5.32. The van der Waals surface area contributed by atoms with Crippen LogP contribution >= 0.6 is 11.8 Å². The molecule has 3 aromatic carbocycles. The number of thioether (sulfide) groups is 1. The normalized spacial score (nSPS) is 11.9. The first-order valence-corrected chi connectivity index (χ1v) is 11.6. The van der Waals surface area contributed by atoms with Gasteiger partial charge in [0.2, 0.25) is 5.91 Å². The molecule has 0 saturated carbocycles. The number of aromatic nitrogens is 3. The number of amides is 1. The Labute approximate surface area is 197 Å². The summed E-state index contributed by atoms with van der Waals surface area (Å²) in [6.45, 7) is 6.24. The van der Waals surface area contributed by atoms with Gasteiger partial charge in [-0.1, -0.05) is 66.4 Å². The van der Waals surface area contributed by atoms with Crippen LogP contribution in [0.1, 0.15) is 23.6 Å². The quantitative estimate of drug-likeness (QED) is 0.351. The molecule has 0 bridgehead atoms. The summed E-state index contributed by atoms with van der Waals surface area (Å²) in [5.41, 5.74) is 4.28. The van der Waals surface area contributed by atoms with Gasteiger partial charge in [0.1, 0.15) is 5.82 Å². The lowest BCUT2D eigenvalue weighted by atomic mass is 10.1. The fraction of sp³-hybridized carbons (Fsp3) is 0.192. The molecule has 0 saturated heterocycles. The van der Waals surface area contributed by atoms with Crippen molar-refractivity contribution in [3.63, 3.8) is 0 Å². The average Bonchev–Trinajstić information content (AvgIpc) is 3.19. The predicted molar refractivity (Wildman–Crippen MR) is 131 cm³/mol. The van der Waals surface area contributed by atoms with E-state index in [-0.39, 0.29) is 11.7 Å². The molecule has 1 aromatic heterocycles. The van der Waals surface area contributed by atoms with Crippen molar-refractivity contribution < 1.29 is 9.18 Å². The maximum atomic E-state index is 14.6. The third-order valence-corrected chi connectivity index (χ3v) is 6.40. The maximum Gasteiger partial charge on any atom is 0.237 e. The molecular weight excluding hydrogens is 435 g/mol. The smallest absolute Gasteiger partial charge is 0.237 e. The molecule has 0 aliphatic carbocycles. The van der Waals surface area contributed by atoms with Gasteiger partial charge < -0.3 is 5.32 Å². The lowest BCUT2D eigenvalue weighted by Gasteiger charge is -2.15. The van der Waals surface area contributed by atoms with Gasteiger partial charge in [0.05, 0.1) is 17.4 Å². The fourth-order valence-electron chi connectivity index (χ4n) is 3.44. The number of rotatable bonds is 7. The summed E-state index contributed by atoms with van der Waals surface area (Å²) in [6, 6.07) is 22.3. The lowest BCUT2D eigenvalue weighted by Crippen LogP contribution is -2.23. The number of hydrogen-bond acceptors (Lipinski definition) is 4. The molecule has 5 nitrogen and oxygen atoms in total. The molecule has 7 heteroatoms. The standard InChI is InChI=1S/C26H25FN4OS/c1-17-13-14-18(2)23(15-17)28-25(32)19(3)33-26-30-29-24(21-11-7-8-12-22(21)27)31(26)16-20-9-5-4-6-10-20/h4-15,19H,16H2,1-3H3,(H,28,32). The van der Waals surface area contributed by atoms with E-state index in [1.54, 1.807) is 18.2 Å². The van der Waals surface area contributed by atoms with E-state index >= 15 is 0 Å². The molecule has 1 heterocycles. The molecule has 1 N–H and O–H groups in total. The van der Waals surface area contributed by atoms with Gasteiger partial charge in [0.25, 0.3) is 0 Å². The van der Waals surface area contributed by atoms with Gasteiger partial charge in [-0.2, -0.15) is 0 Å². The van der Waals surface area contributed by atoms with Gasteiger partial charge in [0.15, 0.2) is 11.0 Å². The summed E-state index contributed by atoms with van der Waals surface area (Å²) in [5.74, 6) is -0.0616. The second kappa shape index (κ2) is 10.0. The van der Waals surface area contributed by atoms with Crippen LogP contribution in [-0.4, -0.2) is 25.9 Å². The summed E-state index contributed by atoms with van der Waals surface area (Å²) < 4.78 is 16.4. The van der Waals surface area contributed by atoms with Gasteiger partial charge in [-0.25, -0.2) is 4.39 Å². The van der Waals surface area contributed by atoms with Crippen LogP contribution in [0.15, 0.2) is 78.0 Å². The lowest BCUT2D eigenvalue weighted by molar-refractivity contribution is -0.115. The van der Waals surface area contributed by atoms with E-state index in [1.165, 1.54) is 17.8 Å². The SMILES string of the molecule is Cc1ccc(C)c(NC(=O)C(C)Sc2nnc(-c3ccccc3F)n2Cc2ccccc2)c1. The number of nitrogens with zero attached hydrogens (tertiary/aromatic N) is 3. The van der Waals surface area contributed by atoms with Crippen LogP contribution in [0.5, 0.6) is 0 Å². The largest absolute Gasteiger partial charge is 0.325 e. The van der Waals surface area contributed by atoms with Crippen molar-refractivity contribution in [2.75, 3.05) is 5.32 Å². The van der Waals surface area contributed by atoms with Gasteiger partial charge in [-0.15, -0.1) is 10.2 Å². The van der Waals surface area contributed by atoms with Crippen LogP contribution in [0.2, 0.25) is 0 Å². The average molecular weight is 461 g/mol. The zero-order chi connectivity index (χ0) is 23.4. The Bertz CT molecular complexity index is 1270. The molecule has 33 heavy (non-hydrogen) atoms. The molecule has 0 radical (unpaired) electrons. The third kappa shape index (κ3) is 5.31. The van der Waals surface area contributed by atoms with Crippen molar-refractivity contribution in [1.29, 1.82) is 0 Å². The highest BCUT2D eigenvalue weighted by molar-refractivity contribution is 8.00. The van der Waals surface area contributed by atoms with Crippen molar-refractivity contribution in [2.24, 2.45) is 0 Å². The topological polar surface area (TPSA) is 59.8 Å². The first kappa shape index (κ1) is 22.7. The van der Waals surface area contributed by atoms with Crippen molar-refractivity contribution in [3.05, 3.63) is 95.3 Å². The first-order chi connectivity index (χ1) is 15.9. The van der Waals surface area contributed by atoms with E-state index < -0.39 is 5.25 Å². The van der Waals surface area contributed by atoms with Gasteiger partial charge in [-0.3, -0.25) is 9.36 Å². The number of aryl methyl sites for hydroxylation is 2. The Morgan fingerprint density at radius 1 is 1.03 bits per heavy atom. The minimum atomic E-state index is -0.433. The van der Waals surface area contributed by atoms with Gasteiger partial charge in [-0.05, 0) is 55.7 Å². The highest BCUT2D eigenvalue weighted by Crippen LogP contribution is 2.30. The molecule has 4 aromatic rings. The predicted octanol–water partition coefficient (Wildman–Crippen LogP) is 5.87. The number of benzene rings is 3. The number of carbonyl (C=O) groups is 1. The first-order valence-electron chi connectivity index (χ1n) is 10.7. The van der Waals surface area contributed by atoms with E-state index in [4.69, 9.17) is 0 Å². The van der Waals surface area contributed by atoms with Crippen LogP contribution in [0.3, 0.4) is 0 Å². The zero-order valence-electron chi connectivity index (χ0n) is 18.7. The Kier molecular flexibility index (Phi) is 6.89. The minimum absolute atomic E-state index is 0.129. The molecule has 4 rings (SSSR count). The summed E-state index contributed by atoms with van der Waals surface area (Å²) in [5, 5.41) is 11.7.